The van der Waals surface area contributed by atoms with Crippen LogP contribution >= 0.6 is 0 Å². The highest BCUT2D eigenvalue weighted by Crippen LogP contribution is 2.28. The minimum absolute atomic E-state index is 0.112. The predicted molar refractivity (Wildman–Crippen MR) is 180 cm³/mol. The second-order valence-corrected chi connectivity index (χ2v) is 12.6. The van der Waals surface area contributed by atoms with Crippen LogP contribution < -0.4 is 38.7 Å². The van der Waals surface area contributed by atoms with Gasteiger partial charge in [0.15, 0.2) is 6.23 Å². The Morgan fingerprint density at radius 2 is 1.71 bits per heavy atom. The third kappa shape index (κ3) is 11.3. The number of aliphatic hydroxyl groups excluding tert-OH is 2. The minimum Gasteiger partial charge on any atom is -0.461 e. The van der Waals surface area contributed by atoms with Crippen LogP contribution in [0.25, 0.3) is 0 Å². The van der Waals surface area contributed by atoms with Gasteiger partial charge >= 0.3 is 11.7 Å². The molecule has 1 aromatic heterocycles. The molecule has 0 bridgehead atoms. The SMILES string of the molecule is CC[C@H](C)[C@H](NC(=O)[C@H](C)NC(=O)[C@H](Cc1ccccc1)NC(=O)[C@@H](N)CCCCN)C(=O)OC[C@@H]1O[C@H](n2cc(F)c(=O)[nH]c2=O)C(O)C1O. The lowest BCUT2D eigenvalue weighted by atomic mass is 9.98. The number of carbonyl (C=O) groups excluding carboxylic acids is 4. The van der Waals surface area contributed by atoms with Crippen molar-refractivity contribution in [1.82, 2.24) is 25.5 Å². The number of hydrogen-bond acceptors (Lipinski definition) is 12. The highest BCUT2D eigenvalue weighted by molar-refractivity contribution is 5.94. The lowest BCUT2D eigenvalue weighted by Crippen LogP contribution is -2.57. The smallest absolute Gasteiger partial charge is 0.330 e. The molecule has 3 amide bonds. The monoisotopic (exact) mass is 721 g/mol. The molecule has 0 spiro atoms. The molecule has 0 saturated carbocycles. The largest absolute Gasteiger partial charge is 0.461 e. The number of rotatable bonds is 18. The first-order valence-corrected chi connectivity index (χ1v) is 16.8. The number of esters is 1. The molecular formula is C33H48FN7O10. The summed E-state index contributed by atoms with van der Waals surface area (Å²) >= 11 is 0. The molecule has 1 aromatic carbocycles. The van der Waals surface area contributed by atoms with Crippen molar-refractivity contribution in [3.63, 3.8) is 0 Å². The van der Waals surface area contributed by atoms with Gasteiger partial charge in [0, 0.05) is 6.42 Å². The van der Waals surface area contributed by atoms with Gasteiger partial charge < -0.3 is 47.1 Å². The number of nitrogens with zero attached hydrogens (tertiary/aromatic N) is 1. The first kappa shape index (κ1) is 40.9. The Balaban J connectivity index is 1.65. The van der Waals surface area contributed by atoms with E-state index < -0.39 is 102 Å². The minimum atomic E-state index is -1.76. The van der Waals surface area contributed by atoms with Crippen LogP contribution in [0.2, 0.25) is 0 Å². The van der Waals surface area contributed by atoms with E-state index in [9.17, 15) is 43.4 Å². The van der Waals surface area contributed by atoms with E-state index in [2.05, 4.69) is 16.0 Å². The number of nitrogens with two attached hydrogens (primary N) is 2. The number of ether oxygens (including phenoxy) is 2. The number of aromatic amines is 1. The molecule has 9 atom stereocenters. The maximum Gasteiger partial charge on any atom is 0.330 e. The molecule has 1 saturated heterocycles. The number of amides is 3. The van der Waals surface area contributed by atoms with Gasteiger partial charge in [0.2, 0.25) is 23.5 Å². The van der Waals surface area contributed by atoms with Crippen molar-refractivity contribution in [2.24, 2.45) is 17.4 Å². The molecule has 0 radical (unpaired) electrons. The van der Waals surface area contributed by atoms with Gasteiger partial charge in [-0.2, -0.15) is 4.39 Å². The van der Waals surface area contributed by atoms with Gasteiger partial charge in [-0.3, -0.25) is 28.7 Å². The maximum atomic E-state index is 13.8. The van der Waals surface area contributed by atoms with E-state index >= 15 is 0 Å². The Morgan fingerprint density at radius 3 is 2.35 bits per heavy atom. The third-order valence-corrected chi connectivity index (χ3v) is 8.66. The zero-order valence-electron chi connectivity index (χ0n) is 28.8. The van der Waals surface area contributed by atoms with Crippen LogP contribution in [-0.4, -0.2) is 99.1 Å². The van der Waals surface area contributed by atoms with Gasteiger partial charge in [0.1, 0.15) is 43.0 Å². The fourth-order valence-corrected chi connectivity index (χ4v) is 5.30. The van der Waals surface area contributed by atoms with Gasteiger partial charge in [-0.1, -0.05) is 57.0 Å². The molecule has 1 fully saturated rings. The molecular weight excluding hydrogens is 673 g/mol. The molecule has 2 unspecified atom stereocenters. The van der Waals surface area contributed by atoms with Crippen LogP contribution in [0, 0.1) is 11.7 Å². The number of benzene rings is 1. The molecule has 18 heteroatoms. The summed E-state index contributed by atoms with van der Waals surface area (Å²) in [5, 5.41) is 28.8. The number of aliphatic hydroxyl groups is 2. The molecule has 1 aliphatic rings. The lowest BCUT2D eigenvalue weighted by molar-refractivity contribution is -0.155. The highest BCUT2D eigenvalue weighted by Gasteiger charge is 2.45. The Labute approximate surface area is 293 Å². The van der Waals surface area contributed by atoms with E-state index in [0.29, 0.717) is 43.0 Å². The van der Waals surface area contributed by atoms with Crippen molar-refractivity contribution >= 4 is 23.7 Å². The number of unbranched alkanes of at least 4 members (excludes halogenated alkanes) is 1. The number of hydrogen-bond donors (Lipinski definition) is 8. The maximum absolute atomic E-state index is 13.8. The topological polar surface area (TPSA) is 270 Å². The number of nitrogens with one attached hydrogen (secondary N) is 4. The predicted octanol–water partition coefficient (Wildman–Crippen LogP) is -1.94. The van der Waals surface area contributed by atoms with Crippen LogP contribution in [0.4, 0.5) is 4.39 Å². The molecule has 1 aliphatic heterocycles. The number of aromatic nitrogens is 2. The summed E-state index contributed by atoms with van der Waals surface area (Å²) < 4.78 is 25.2. The lowest BCUT2D eigenvalue weighted by Gasteiger charge is -2.26. The zero-order chi connectivity index (χ0) is 37.8. The first-order valence-electron chi connectivity index (χ1n) is 16.8. The summed E-state index contributed by atoms with van der Waals surface area (Å²) in [6.45, 7) is 4.68. The number of halogens is 1. The average molecular weight is 722 g/mol. The van der Waals surface area contributed by atoms with Crippen LogP contribution in [0.3, 0.4) is 0 Å². The number of carbonyl (C=O) groups is 4. The molecule has 2 aromatic rings. The fourth-order valence-electron chi connectivity index (χ4n) is 5.30. The Hall–Kier alpha value is -4.49. The zero-order valence-corrected chi connectivity index (χ0v) is 28.8. The summed E-state index contributed by atoms with van der Waals surface area (Å²) in [5.74, 6) is -4.65. The van der Waals surface area contributed by atoms with E-state index in [1.807, 2.05) is 0 Å². The van der Waals surface area contributed by atoms with E-state index in [-0.39, 0.29) is 6.42 Å². The number of H-pyrrole nitrogens is 1. The normalized spacial score (nSPS) is 21.5. The highest BCUT2D eigenvalue weighted by atomic mass is 19.1. The molecule has 3 rings (SSSR count). The Kier molecular flexibility index (Phi) is 15.4. The van der Waals surface area contributed by atoms with Gasteiger partial charge in [0.05, 0.1) is 12.2 Å². The van der Waals surface area contributed by atoms with Gasteiger partial charge in [-0.05, 0) is 37.8 Å². The summed E-state index contributed by atoms with van der Waals surface area (Å²) in [4.78, 5) is 78.0. The summed E-state index contributed by atoms with van der Waals surface area (Å²) in [5.41, 5.74) is 9.92. The second kappa shape index (κ2) is 19.2. The molecule has 17 nitrogen and oxygen atoms in total. The molecule has 51 heavy (non-hydrogen) atoms. The standard InChI is InChI=1S/C33H48FN7O10/c1-4-17(2)24(32(48)50-16-23-25(42)26(43)31(51-23)41-15-20(34)28(45)40-33(41)49)39-27(44)18(3)37-30(47)22(14-19-10-6-5-7-11-19)38-29(46)21(36)12-8-9-13-35/h5-7,10-11,15,17-18,21-26,31,42-43H,4,8-9,12-14,16,35-36H2,1-3H3,(H,37,47)(H,38,46)(H,39,44)(H,40,45,49)/t17-,18-,21-,22-,23-,24-,25?,26?,31-/m0/s1. The van der Waals surface area contributed by atoms with Crippen molar-refractivity contribution in [3.05, 3.63) is 68.7 Å². The Morgan fingerprint density at radius 1 is 1.02 bits per heavy atom. The molecule has 10 N–H and O–H groups in total. The van der Waals surface area contributed by atoms with Crippen LogP contribution in [0.5, 0.6) is 0 Å². The van der Waals surface area contributed by atoms with Gasteiger partial charge in [-0.15, -0.1) is 0 Å². The molecule has 282 valence electrons. The van der Waals surface area contributed by atoms with Crippen molar-refractivity contribution < 1.29 is 43.3 Å². The third-order valence-electron chi connectivity index (χ3n) is 8.66. The second-order valence-electron chi connectivity index (χ2n) is 12.6. The van der Waals surface area contributed by atoms with Crippen LogP contribution in [0.1, 0.15) is 58.2 Å². The quantitative estimate of drug-likeness (QED) is 0.0617. The van der Waals surface area contributed by atoms with Crippen molar-refractivity contribution in [2.45, 2.75) is 102 Å². The average Bonchev–Trinajstić information content (AvgIpc) is 3.39. The van der Waals surface area contributed by atoms with Crippen LogP contribution in [-0.2, 0) is 35.1 Å². The van der Waals surface area contributed by atoms with Gasteiger partial charge in [0.25, 0.3) is 5.56 Å². The van der Waals surface area contributed by atoms with E-state index in [0.717, 1.165) is 5.56 Å². The fraction of sp³-hybridized carbons (Fsp3) is 0.576. The van der Waals surface area contributed by atoms with Gasteiger partial charge in [-0.25, -0.2) is 9.59 Å². The molecule has 0 aliphatic carbocycles. The Bertz CT molecular complexity index is 1610. The summed E-state index contributed by atoms with van der Waals surface area (Å²) in [6, 6.07) is 4.60. The van der Waals surface area contributed by atoms with Crippen molar-refractivity contribution in [2.75, 3.05) is 13.2 Å². The van der Waals surface area contributed by atoms with E-state index in [1.54, 1.807) is 49.2 Å². The molecule has 2 heterocycles. The van der Waals surface area contributed by atoms with E-state index in [4.69, 9.17) is 20.9 Å². The van der Waals surface area contributed by atoms with E-state index in [1.165, 1.54) is 6.92 Å². The summed E-state index contributed by atoms with van der Waals surface area (Å²) in [6.07, 6.45) is -3.67. The van der Waals surface area contributed by atoms with Crippen molar-refractivity contribution in [3.8, 4) is 0 Å². The summed E-state index contributed by atoms with van der Waals surface area (Å²) in [7, 11) is 0. The first-order chi connectivity index (χ1) is 24.2. The van der Waals surface area contributed by atoms with Crippen molar-refractivity contribution in [1.29, 1.82) is 0 Å². The van der Waals surface area contributed by atoms with Crippen LogP contribution in [0.15, 0.2) is 46.1 Å².